The van der Waals surface area contributed by atoms with Crippen LogP contribution in [0.1, 0.15) is 13.8 Å². The van der Waals surface area contributed by atoms with Gasteiger partial charge in [-0.25, -0.2) is 0 Å². The third kappa shape index (κ3) is 5.65. The second kappa shape index (κ2) is 8.82. The molecule has 0 saturated carbocycles. The summed E-state index contributed by atoms with van der Waals surface area (Å²) in [4.78, 5) is 24.0. The van der Waals surface area contributed by atoms with Crippen molar-refractivity contribution in [1.29, 1.82) is 0 Å². The van der Waals surface area contributed by atoms with Crippen LogP contribution in [0, 0.1) is 5.41 Å². The first-order chi connectivity index (χ1) is 10.9. The summed E-state index contributed by atoms with van der Waals surface area (Å²) in [6.45, 7) is 7.62. The average Bonchev–Trinajstić information content (AvgIpc) is 2.56. The number of benzene rings is 1. The maximum Gasteiger partial charge on any atom is 0.235 e. The molecule has 0 atom stereocenters. The molecule has 2 N–H and O–H groups in total. The number of carbonyl (C=O) groups is 2. The molecule has 0 heterocycles. The Morgan fingerprint density at radius 2 is 1.70 bits per heavy atom. The monoisotopic (exact) mass is 320 g/mol. The predicted molar refractivity (Wildman–Crippen MR) is 88.5 cm³/mol. The molecule has 126 valence electrons. The molecule has 0 saturated heterocycles. The molecule has 1 aromatic carbocycles. The Kier molecular flexibility index (Phi) is 7.12. The zero-order valence-corrected chi connectivity index (χ0v) is 13.8. The largest absolute Gasteiger partial charge is 0.497 e. The SMILES string of the molecule is C=CCNC(=O)C(C)(C)C(=O)NCCOc1ccc(OC)cc1. The summed E-state index contributed by atoms with van der Waals surface area (Å²) in [5.74, 6) is 0.740. The third-order valence-corrected chi connectivity index (χ3v) is 3.26. The molecule has 2 amide bonds. The van der Waals surface area contributed by atoms with E-state index in [9.17, 15) is 9.59 Å². The Bertz CT molecular complexity index is 538. The lowest BCUT2D eigenvalue weighted by atomic mass is 9.91. The molecule has 0 fully saturated rings. The molecular weight excluding hydrogens is 296 g/mol. The van der Waals surface area contributed by atoms with E-state index in [1.54, 1.807) is 51.3 Å². The number of hydrogen-bond donors (Lipinski definition) is 2. The lowest BCUT2D eigenvalue weighted by Gasteiger charge is -2.22. The number of nitrogens with one attached hydrogen (secondary N) is 2. The third-order valence-electron chi connectivity index (χ3n) is 3.26. The summed E-state index contributed by atoms with van der Waals surface area (Å²) < 4.78 is 10.6. The van der Waals surface area contributed by atoms with Gasteiger partial charge in [-0.1, -0.05) is 6.08 Å². The van der Waals surface area contributed by atoms with Gasteiger partial charge in [0.05, 0.1) is 13.7 Å². The fourth-order valence-corrected chi connectivity index (χ4v) is 1.72. The van der Waals surface area contributed by atoms with E-state index >= 15 is 0 Å². The van der Waals surface area contributed by atoms with Crippen LogP contribution in [0.3, 0.4) is 0 Å². The van der Waals surface area contributed by atoms with Crippen LogP contribution < -0.4 is 20.1 Å². The molecule has 0 aliphatic heterocycles. The highest BCUT2D eigenvalue weighted by Crippen LogP contribution is 2.17. The van der Waals surface area contributed by atoms with Crippen LogP contribution in [-0.2, 0) is 9.59 Å². The zero-order chi connectivity index (χ0) is 17.3. The Balaban J connectivity index is 2.37. The van der Waals surface area contributed by atoms with Gasteiger partial charge in [0.1, 0.15) is 23.5 Å². The van der Waals surface area contributed by atoms with Gasteiger partial charge in [0.15, 0.2) is 0 Å². The van der Waals surface area contributed by atoms with E-state index in [1.165, 1.54) is 0 Å². The van der Waals surface area contributed by atoms with Crippen LogP contribution in [0.2, 0.25) is 0 Å². The summed E-state index contributed by atoms with van der Waals surface area (Å²) in [6.07, 6.45) is 1.56. The highest BCUT2D eigenvalue weighted by Gasteiger charge is 2.35. The molecule has 6 nitrogen and oxygen atoms in total. The van der Waals surface area contributed by atoms with Gasteiger partial charge in [-0.15, -0.1) is 6.58 Å². The van der Waals surface area contributed by atoms with E-state index in [-0.39, 0.29) is 11.8 Å². The fourth-order valence-electron chi connectivity index (χ4n) is 1.72. The minimum absolute atomic E-state index is 0.308. The normalized spacial score (nSPS) is 10.6. The second-order valence-corrected chi connectivity index (χ2v) is 5.40. The van der Waals surface area contributed by atoms with Crippen molar-refractivity contribution in [2.45, 2.75) is 13.8 Å². The second-order valence-electron chi connectivity index (χ2n) is 5.40. The van der Waals surface area contributed by atoms with Gasteiger partial charge in [-0.3, -0.25) is 9.59 Å². The van der Waals surface area contributed by atoms with Gasteiger partial charge in [-0.05, 0) is 38.1 Å². The van der Waals surface area contributed by atoms with Crippen LogP contribution in [0.5, 0.6) is 11.5 Å². The lowest BCUT2D eigenvalue weighted by molar-refractivity contribution is -0.141. The van der Waals surface area contributed by atoms with Crippen molar-refractivity contribution in [3.8, 4) is 11.5 Å². The van der Waals surface area contributed by atoms with E-state index in [1.807, 2.05) is 0 Å². The first-order valence-electron chi connectivity index (χ1n) is 7.36. The number of amides is 2. The Morgan fingerprint density at radius 3 is 2.26 bits per heavy atom. The minimum Gasteiger partial charge on any atom is -0.497 e. The number of hydrogen-bond acceptors (Lipinski definition) is 4. The number of methoxy groups -OCH3 is 1. The summed E-state index contributed by atoms with van der Waals surface area (Å²) in [5.41, 5.74) is -1.15. The predicted octanol–water partition coefficient (Wildman–Crippen LogP) is 1.52. The molecule has 0 aliphatic carbocycles. The fraction of sp³-hybridized carbons (Fsp3) is 0.412. The Labute approximate surface area is 136 Å². The number of carbonyl (C=O) groups excluding carboxylic acids is 2. The summed E-state index contributed by atoms with van der Waals surface area (Å²) in [5, 5.41) is 5.32. The van der Waals surface area contributed by atoms with Crippen molar-refractivity contribution in [3.05, 3.63) is 36.9 Å². The van der Waals surface area contributed by atoms with Crippen molar-refractivity contribution >= 4 is 11.8 Å². The molecule has 0 bridgehead atoms. The highest BCUT2D eigenvalue weighted by atomic mass is 16.5. The molecule has 6 heteroatoms. The van der Waals surface area contributed by atoms with Crippen LogP contribution in [0.4, 0.5) is 0 Å². The van der Waals surface area contributed by atoms with Crippen molar-refractivity contribution in [1.82, 2.24) is 10.6 Å². The smallest absolute Gasteiger partial charge is 0.235 e. The van der Waals surface area contributed by atoms with E-state index in [0.29, 0.717) is 25.4 Å². The van der Waals surface area contributed by atoms with E-state index in [4.69, 9.17) is 9.47 Å². The van der Waals surface area contributed by atoms with Crippen molar-refractivity contribution < 1.29 is 19.1 Å². The van der Waals surface area contributed by atoms with Crippen molar-refractivity contribution in [2.24, 2.45) is 5.41 Å². The van der Waals surface area contributed by atoms with Crippen LogP contribution in [-0.4, -0.2) is 38.6 Å². The topological polar surface area (TPSA) is 76.7 Å². The molecular formula is C17H24N2O4. The zero-order valence-electron chi connectivity index (χ0n) is 13.8. The van der Waals surface area contributed by atoms with E-state index in [2.05, 4.69) is 17.2 Å². The molecule has 0 unspecified atom stereocenters. The quantitative estimate of drug-likeness (QED) is 0.411. The van der Waals surface area contributed by atoms with Gasteiger partial charge in [-0.2, -0.15) is 0 Å². The van der Waals surface area contributed by atoms with Crippen molar-refractivity contribution in [3.63, 3.8) is 0 Å². The minimum atomic E-state index is -1.15. The average molecular weight is 320 g/mol. The number of ether oxygens (including phenoxy) is 2. The molecule has 1 aromatic rings. The van der Waals surface area contributed by atoms with Gasteiger partial charge < -0.3 is 20.1 Å². The van der Waals surface area contributed by atoms with Gasteiger partial charge in [0, 0.05) is 6.54 Å². The maximum atomic E-state index is 12.1. The lowest BCUT2D eigenvalue weighted by Crippen LogP contribution is -2.48. The Morgan fingerprint density at radius 1 is 1.13 bits per heavy atom. The first kappa shape index (κ1) is 18.5. The van der Waals surface area contributed by atoms with Crippen LogP contribution >= 0.6 is 0 Å². The van der Waals surface area contributed by atoms with Crippen LogP contribution in [0.15, 0.2) is 36.9 Å². The maximum absolute atomic E-state index is 12.1. The standard InChI is InChI=1S/C17H24N2O4/c1-5-10-18-15(20)17(2,3)16(21)19-11-12-23-14-8-6-13(22-4)7-9-14/h5-9H,1,10-12H2,2-4H3,(H,18,20)(H,19,21). The first-order valence-corrected chi connectivity index (χ1v) is 7.36. The van der Waals surface area contributed by atoms with Crippen LogP contribution in [0.25, 0.3) is 0 Å². The number of rotatable bonds is 9. The Hall–Kier alpha value is -2.50. The molecule has 0 aromatic heterocycles. The molecule has 0 spiro atoms. The summed E-state index contributed by atoms with van der Waals surface area (Å²) in [6, 6.07) is 7.16. The molecule has 1 rings (SSSR count). The highest BCUT2D eigenvalue weighted by molar-refractivity contribution is 6.04. The molecule has 0 radical (unpaired) electrons. The van der Waals surface area contributed by atoms with Gasteiger partial charge in [0.2, 0.25) is 11.8 Å². The van der Waals surface area contributed by atoms with E-state index in [0.717, 1.165) is 5.75 Å². The summed E-state index contributed by atoms with van der Waals surface area (Å²) in [7, 11) is 1.60. The molecule has 23 heavy (non-hydrogen) atoms. The van der Waals surface area contributed by atoms with Gasteiger partial charge in [0.25, 0.3) is 0 Å². The van der Waals surface area contributed by atoms with E-state index < -0.39 is 5.41 Å². The summed E-state index contributed by atoms with van der Waals surface area (Å²) >= 11 is 0. The molecule has 0 aliphatic rings. The van der Waals surface area contributed by atoms with Crippen molar-refractivity contribution in [2.75, 3.05) is 26.8 Å². The van der Waals surface area contributed by atoms with Gasteiger partial charge >= 0.3 is 0 Å².